The Morgan fingerprint density at radius 3 is 2.55 bits per heavy atom. The van der Waals surface area contributed by atoms with E-state index >= 15 is 0 Å². The van der Waals surface area contributed by atoms with Crippen molar-refractivity contribution in [1.82, 2.24) is 14.1 Å². The zero-order valence-corrected chi connectivity index (χ0v) is 12.7. The predicted molar refractivity (Wildman–Crippen MR) is 71.2 cm³/mol. The van der Waals surface area contributed by atoms with Gasteiger partial charge in [0.1, 0.15) is 5.54 Å². The van der Waals surface area contributed by atoms with Gasteiger partial charge in [-0.05, 0) is 12.5 Å². The van der Waals surface area contributed by atoms with Crippen LogP contribution in [0, 0.1) is 18.3 Å². The van der Waals surface area contributed by atoms with Crippen LogP contribution in [0.2, 0.25) is 0 Å². The minimum atomic E-state index is -4.51. The molecular formula is C12H15F3N4O2S. The second kappa shape index (κ2) is 5.55. The van der Waals surface area contributed by atoms with Crippen molar-refractivity contribution in [1.29, 1.82) is 5.26 Å². The first kappa shape index (κ1) is 16.8. The topological polar surface area (TPSA) is 79.0 Å². The van der Waals surface area contributed by atoms with Crippen molar-refractivity contribution < 1.29 is 21.6 Å². The first-order valence-electron chi connectivity index (χ1n) is 6.51. The second-order valence-corrected chi connectivity index (χ2v) is 7.56. The fourth-order valence-electron chi connectivity index (χ4n) is 2.34. The highest BCUT2D eigenvalue weighted by Gasteiger charge is 2.50. The maximum atomic E-state index is 12.2. The van der Waals surface area contributed by atoms with Crippen molar-refractivity contribution in [2.75, 3.05) is 18.8 Å². The molecule has 0 saturated carbocycles. The molecule has 1 saturated heterocycles. The van der Waals surface area contributed by atoms with Crippen LogP contribution in [0.3, 0.4) is 0 Å². The van der Waals surface area contributed by atoms with Crippen LogP contribution in [0.15, 0.2) is 12.4 Å². The number of rotatable bonds is 5. The van der Waals surface area contributed by atoms with Gasteiger partial charge in [0.05, 0.1) is 30.9 Å². The lowest BCUT2D eigenvalue weighted by Crippen LogP contribution is -2.64. The van der Waals surface area contributed by atoms with Crippen LogP contribution in [-0.4, -0.2) is 47.5 Å². The first-order valence-corrected chi connectivity index (χ1v) is 8.12. The van der Waals surface area contributed by atoms with Crippen LogP contribution in [0.25, 0.3) is 0 Å². The summed E-state index contributed by atoms with van der Waals surface area (Å²) in [6.07, 6.45) is -2.57. The number of halogens is 3. The normalized spacial score (nSPS) is 18.7. The molecule has 0 aromatic carbocycles. The largest absolute Gasteiger partial charge is 0.390 e. The van der Waals surface area contributed by atoms with Gasteiger partial charge in [-0.25, -0.2) is 8.42 Å². The molecule has 1 aliphatic heterocycles. The molecule has 1 aromatic rings. The number of sulfonamides is 1. The summed E-state index contributed by atoms with van der Waals surface area (Å²) in [5.41, 5.74) is 0.0598. The van der Waals surface area contributed by atoms with Crippen LogP contribution in [0.5, 0.6) is 0 Å². The number of nitrogens with zero attached hydrogens (tertiary/aromatic N) is 4. The third kappa shape index (κ3) is 3.41. The Morgan fingerprint density at radius 2 is 2.09 bits per heavy atom. The van der Waals surface area contributed by atoms with Crippen LogP contribution in [-0.2, 0) is 15.6 Å². The minimum absolute atomic E-state index is 0.0398. The van der Waals surface area contributed by atoms with Gasteiger partial charge in [0.25, 0.3) is 0 Å². The molecule has 122 valence electrons. The summed E-state index contributed by atoms with van der Waals surface area (Å²) in [4.78, 5) is 0. The van der Waals surface area contributed by atoms with E-state index in [1.807, 2.05) is 6.07 Å². The van der Waals surface area contributed by atoms with Crippen LogP contribution in [0.4, 0.5) is 13.2 Å². The molecule has 22 heavy (non-hydrogen) atoms. The molecule has 0 bridgehead atoms. The van der Waals surface area contributed by atoms with Crippen molar-refractivity contribution in [2.24, 2.45) is 0 Å². The average Bonchev–Trinajstić information content (AvgIpc) is 2.77. The number of nitriles is 1. The highest BCUT2D eigenvalue weighted by molar-refractivity contribution is 7.89. The Labute approximate surface area is 126 Å². The zero-order valence-electron chi connectivity index (χ0n) is 11.8. The molecule has 0 amide bonds. The third-order valence-electron chi connectivity index (χ3n) is 3.58. The van der Waals surface area contributed by atoms with Gasteiger partial charge in [-0.3, -0.25) is 4.68 Å². The smallest absolute Gasteiger partial charge is 0.263 e. The molecule has 0 atom stereocenters. The fourth-order valence-corrected chi connectivity index (χ4v) is 3.96. The zero-order chi connectivity index (χ0) is 16.6. The summed E-state index contributed by atoms with van der Waals surface area (Å²) < 4.78 is 62.8. The van der Waals surface area contributed by atoms with Crippen molar-refractivity contribution in [3.63, 3.8) is 0 Å². The molecular weight excluding hydrogens is 321 g/mol. The van der Waals surface area contributed by atoms with E-state index < -0.39 is 33.9 Å². The molecule has 1 fully saturated rings. The number of hydrogen-bond acceptors (Lipinski definition) is 4. The number of aryl methyl sites for hydroxylation is 1. The lowest BCUT2D eigenvalue weighted by atomic mass is 9.89. The lowest BCUT2D eigenvalue weighted by molar-refractivity contribution is -0.130. The molecule has 1 aliphatic rings. The molecule has 6 nitrogen and oxygen atoms in total. The Bertz CT molecular complexity index is 684. The van der Waals surface area contributed by atoms with E-state index in [0.29, 0.717) is 0 Å². The van der Waals surface area contributed by atoms with E-state index in [9.17, 15) is 21.6 Å². The Hall–Kier alpha value is -1.60. The van der Waals surface area contributed by atoms with Crippen molar-refractivity contribution in [3.05, 3.63) is 18.0 Å². The molecule has 0 spiro atoms. The van der Waals surface area contributed by atoms with E-state index in [1.165, 1.54) is 4.68 Å². The maximum absolute atomic E-state index is 12.2. The lowest BCUT2D eigenvalue weighted by Gasteiger charge is -2.47. The fraction of sp³-hybridized carbons (Fsp3) is 0.667. The first-order chi connectivity index (χ1) is 10.1. The van der Waals surface area contributed by atoms with Gasteiger partial charge in [0.15, 0.2) is 0 Å². The van der Waals surface area contributed by atoms with Gasteiger partial charge in [-0.1, -0.05) is 0 Å². The summed E-state index contributed by atoms with van der Waals surface area (Å²) in [6.45, 7) is 1.73. The van der Waals surface area contributed by atoms with Crippen molar-refractivity contribution in [3.8, 4) is 6.07 Å². The van der Waals surface area contributed by atoms with Gasteiger partial charge < -0.3 is 0 Å². The average molecular weight is 336 g/mol. The number of alkyl halides is 3. The monoisotopic (exact) mass is 336 g/mol. The van der Waals surface area contributed by atoms with Crippen molar-refractivity contribution >= 4 is 10.0 Å². The van der Waals surface area contributed by atoms with E-state index in [4.69, 9.17) is 5.26 Å². The van der Waals surface area contributed by atoms with Gasteiger partial charge in [-0.15, -0.1) is 0 Å². The second-order valence-electron chi connectivity index (χ2n) is 5.47. The van der Waals surface area contributed by atoms with Crippen LogP contribution >= 0.6 is 0 Å². The molecule has 0 N–H and O–H groups in total. The van der Waals surface area contributed by atoms with E-state index in [2.05, 4.69) is 5.10 Å². The quantitative estimate of drug-likeness (QED) is 0.814. The molecule has 1 aromatic heterocycles. The summed E-state index contributed by atoms with van der Waals surface area (Å²) >= 11 is 0. The Kier molecular flexibility index (Phi) is 4.23. The minimum Gasteiger partial charge on any atom is -0.263 e. The van der Waals surface area contributed by atoms with Gasteiger partial charge in [0.2, 0.25) is 10.0 Å². The van der Waals surface area contributed by atoms with Crippen LogP contribution in [0.1, 0.15) is 18.4 Å². The highest BCUT2D eigenvalue weighted by Crippen LogP contribution is 2.35. The summed E-state index contributed by atoms with van der Waals surface area (Å²) in [5, 5.41) is 13.0. The highest BCUT2D eigenvalue weighted by atomic mass is 32.2. The SMILES string of the molecule is Cc1cnn(C2(CC#N)CN(S(=O)(=O)CCC(F)(F)F)C2)c1. The molecule has 10 heteroatoms. The third-order valence-corrected chi connectivity index (χ3v) is 5.35. The molecule has 0 unspecified atom stereocenters. The molecule has 0 radical (unpaired) electrons. The molecule has 0 aliphatic carbocycles. The number of aromatic nitrogens is 2. The van der Waals surface area contributed by atoms with Crippen molar-refractivity contribution in [2.45, 2.75) is 31.5 Å². The standard InChI is InChI=1S/C12H15F3N4O2S/c1-10-6-17-19(7-10)11(2-4-16)8-18(9-11)22(20,21)5-3-12(13,14)15/h6-7H,2-3,5,8-9H2,1H3. The Morgan fingerprint density at radius 1 is 1.45 bits per heavy atom. The molecule has 2 heterocycles. The molecule has 2 rings (SSSR count). The maximum Gasteiger partial charge on any atom is 0.390 e. The van der Waals surface area contributed by atoms with E-state index in [0.717, 1.165) is 9.87 Å². The van der Waals surface area contributed by atoms with Gasteiger partial charge in [0, 0.05) is 19.3 Å². The van der Waals surface area contributed by atoms with Gasteiger partial charge in [-0.2, -0.15) is 27.8 Å². The summed E-state index contributed by atoms with van der Waals surface area (Å²) in [7, 11) is -3.98. The summed E-state index contributed by atoms with van der Waals surface area (Å²) in [5.74, 6) is -0.975. The van der Waals surface area contributed by atoms with E-state index in [1.54, 1.807) is 19.3 Å². The van der Waals surface area contributed by atoms with Crippen LogP contribution < -0.4 is 0 Å². The van der Waals surface area contributed by atoms with Gasteiger partial charge >= 0.3 is 6.18 Å². The Balaban J connectivity index is 2.09. The van der Waals surface area contributed by atoms with E-state index in [-0.39, 0.29) is 19.5 Å². The number of hydrogen-bond donors (Lipinski definition) is 0. The predicted octanol–water partition coefficient (Wildman–Crippen LogP) is 1.40. The summed E-state index contributed by atoms with van der Waals surface area (Å²) in [6, 6.07) is 1.98.